The molecule has 3 rings (SSSR count). The van der Waals surface area contributed by atoms with Crippen LogP contribution in [0.15, 0.2) is 53.6 Å². The van der Waals surface area contributed by atoms with E-state index in [4.69, 9.17) is 0 Å². The molecule has 0 spiro atoms. The molecule has 3 aromatic rings. The van der Waals surface area contributed by atoms with Crippen LogP contribution in [0.3, 0.4) is 0 Å². The maximum Gasteiger partial charge on any atom is 0.334 e. The summed E-state index contributed by atoms with van der Waals surface area (Å²) in [6, 6.07) is 9.79. The molecule has 1 N–H and O–H groups in total. The Balaban J connectivity index is 1.97. The number of fused-ring (bicyclic) bond motifs is 1. The van der Waals surface area contributed by atoms with Crippen molar-refractivity contribution in [3.63, 3.8) is 0 Å². The third kappa shape index (κ3) is 2.28. The second-order valence-electron chi connectivity index (χ2n) is 4.75. The molecule has 0 radical (unpaired) electrons. The molecule has 0 bridgehead atoms. The molecule has 0 fully saturated rings. The molecule has 110 valence electrons. The molecule has 7 nitrogen and oxygen atoms in total. The highest BCUT2D eigenvalue weighted by molar-refractivity contribution is 6.07. The van der Waals surface area contributed by atoms with Crippen LogP contribution in [0.1, 0.15) is 10.4 Å². The molecule has 7 heteroatoms. The van der Waals surface area contributed by atoms with E-state index in [9.17, 15) is 19.7 Å². The van der Waals surface area contributed by atoms with Crippen molar-refractivity contribution in [3.8, 4) is 0 Å². The number of hydrogen-bond donors (Lipinski definition) is 1. The first-order chi connectivity index (χ1) is 10.6. The number of ketones is 1. The first kappa shape index (κ1) is 13.7. The third-order valence-electron chi connectivity index (χ3n) is 3.40. The lowest BCUT2D eigenvalue weighted by Gasteiger charge is -2.04. The molecule has 22 heavy (non-hydrogen) atoms. The highest BCUT2D eigenvalue weighted by atomic mass is 16.6. The number of nitro groups is 1. The number of Topliss-reactive ketones (excluding diaryl/α,β-unsaturated/α-hetero) is 1. The van der Waals surface area contributed by atoms with Crippen LogP contribution in [0.25, 0.3) is 10.9 Å². The topological polar surface area (TPSA) is 98.0 Å². The zero-order valence-electron chi connectivity index (χ0n) is 11.4. The van der Waals surface area contributed by atoms with Gasteiger partial charge in [-0.1, -0.05) is 18.2 Å². The van der Waals surface area contributed by atoms with E-state index in [1.165, 1.54) is 12.3 Å². The summed E-state index contributed by atoms with van der Waals surface area (Å²) < 4.78 is 1.04. The second-order valence-corrected chi connectivity index (χ2v) is 4.75. The number of carbonyl (C=O) groups is 1. The Bertz CT molecular complexity index is 939. The number of para-hydroxylation sites is 1. The van der Waals surface area contributed by atoms with Gasteiger partial charge in [0.2, 0.25) is 0 Å². The number of nitrogens with zero attached hydrogens (tertiary/aromatic N) is 2. The number of hydrogen-bond acceptors (Lipinski definition) is 4. The highest BCUT2D eigenvalue weighted by Gasteiger charge is 2.17. The lowest BCUT2D eigenvalue weighted by molar-refractivity contribution is -0.386. The summed E-state index contributed by atoms with van der Waals surface area (Å²) in [6.45, 7) is -0.248. The summed E-state index contributed by atoms with van der Waals surface area (Å²) >= 11 is 0. The van der Waals surface area contributed by atoms with Gasteiger partial charge in [0, 0.05) is 34.9 Å². The lowest BCUT2D eigenvalue weighted by atomic mass is 10.1. The Morgan fingerprint density at radius 2 is 2.00 bits per heavy atom. The number of H-pyrrole nitrogens is 1. The number of aromatic amines is 1. The van der Waals surface area contributed by atoms with E-state index < -0.39 is 16.2 Å². The van der Waals surface area contributed by atoms with Gasteiger partial charge in [0.15, 0.2) is 5.78 Å². The SMILES string of the molecule is O=C(Cn1cccc([N+](=O)[O-])c1=O)c1c[nH]c2ccccc12. The molecular weight excluding hydrogens is 286 g/mol. The predicted octanol–water partition coefficient (Wildman–Crippen LogP) is 2.12. The van der Waals surface area contributed by atoms with E-state index in [-0.39, 0.29) is 12.3 Å². The zero-order chi connectivity index (χ0) is 15.7. The van der Waals surface area contributed by atoms with Gasteiger partial charge in [-0.3, -0.25) is 19.7 Å². The van der Waals surface area contributed by atoms with Crippen LogP contribution >= 0.6 is 0 Å². The largest absolute Gasteiger partial charge is 0.360 e. The minimum atomic E-state index is -0.791. The summed E-state index contributed by atoms with van der Waals surface area (Å²) in [6.07, 6.45) is 2.94. The monoisotopic (exact) mass is 297 g/mol. The second kappa shape index (κ2) is 5.28. The van der Waals surface area contributed by atoms with Gasteiger partial charge < -0.3 is 9.55 Å². The maximum absolute atomic E-state index is 12.4. The van der Waals surface area contributed by atoms with Gasteiger partial charge in [-0.25, -0.2) is 0 Å². The van der Waals surface area contributed by atoms with E-state index >= 15 is 0 Å². The molecule has 1 aromatic carbocycles. The molecule has 2 aromatic heterocycles. The molecule has 0 atom stereocenters. The van der Waals surface area contributed by atoms with Crippen molar-refractivity contribution in [2.45, 2.75) is 6.54 Å². The smallest absolute Gasteiger partial charge is 0.334 e. The Morgan fingerprint density at radius 1 is 1.23 bits per heavy atom. The quantitative estimate of drug-likeness (QED) is 0.453. The Morgan fingerprint density at radius 3 is 2.77 bits per heavy atom. The van der Waals surface area contributed by atoms with E-state index in [0.717, 1.165) is 21.5 Å². The number of benzene rings is 1. The van der Waals surface area contributed by atoms with Crippen molar-refractivity contribution in [1.29, 1.82) is 0 Å². The van der Waals surface area contributed by atoms with Crippen molar-refractivity contribution in [2.75, 3.05) is 0 Å². The average molecular weight is 297 g/mol. The fraction of sp³-hybridized carbons (Fsp3) is 0.0667. The molecule has 0 aliphatic carbocycles. The van der Waals surface area contributed by atoms with E-state index in [0.29, 0.717) is 5.56 Å². The van der Waals surface area contributed by atoms with Gasteiger partial charge in [0.05, 0.1) is 11.5 Å². The summed E-state index contributed by atoms with van der Waals surface area (Å²) in [5.74, 6) is -0.292. The molecule has 2 heterocycles. The normalized spacial score (nSPS) is 10.7. The van der Waals surface area contributed by atoms with Crippen LogP contribution < -0.4 is 5.56 Å². The van der Waals surface area contributed by atoms with Crippen molar-refractivity contribution in [1.82, 2.24) is 9.55 Å². The minimum Gasteiger partial charge on any atom is -0.360 e. The number of rotatable bonds is 4. The van der Waals surface area contributed by atoms with E-state index in [1.54, 1.807) is 12.3 Å². The first-order valence-corrected chi connectivity index (χ1v) is 6.51. The number of carbonyl (C=O) groups excluding carboxylic acids is 1. The number of aromatic nitrogens is 2. The Labute approximate surface area is 124 Å². The fourth-order valence-corrected chi connectivity index (χ4v) is 2.33. The van der Waals surface area contributed by atoms with Crippen molar-refractivity contribution in [2.24, 2.45) is 0 Å². The first-order valence-electron chi connectivity index (χ1n) is 6.51. The van der Waals surface area contributed by atoms with Crippen LogP contribution in [-0.4, -0.2) is 20.3 Å². The van der Waals surface area contributed by atoms with Gasteiger partial charge >= 0.3 is 11.2 Å². The van der Waals surface area contributed by atoms with Gasteiger partial charge in [-0.05, 0) is 12.1 Å². The van der Waals surface area contributed by atoms with Crippen LogP contribution in [-0.2, 0) is 6.54 Å². The average Bonchev–Trinajstić information content (AvgIpc) is 2.93. The third-order valence-corrected chi connectivity index (χ3v) is 3.40. The van der Waals surface area contributed by atoms with Crippen LogP contribution in [0.5, 0.6) is 0 Å². The summed E-state index contributed by atoms with van der Waals surface area (Å²) in [5, 5.41) is 11.5. The molecule has 0 saturated heterocycles. The fourth-order valence-electron chi connectivity index (χ4n) is 2.33. The molecule has 0 aliphatic heterocycles. The van der Waals surface area contributed by atoms with Gasteiger partial charge in [-0.15, -0.1) is 0 Å². The standard InChI is InChI=1S/C15H11N3O4/c19-14(11-8-16-12-5-2-1-4-10(11)12)9-17-7-3-6-13(15(17)20)18(21)22/h1-8,16H,9H2. The lowest BCUT2D eigenvalue weighted by Crippen LogP contribution is -2.25. The van der Waals surface area contributed by atoms with Crippen LogP contribution in [0.4, 0.5) is 5.69 Å². The molecule has 0 saturated carbocycles. The summed E-state index contributed by atoms with van der Waals surface area (Å²) in [4.78, 5) is 37.3. The predicted molar refractivity (Wildman–Crippen MR) is 80.0 cm³/mol. The van der Waals surface area contributed by atoms with Gasteiger partial charge in [0.1, 0.15) is 0 Å². The zero-order valence-corrected chi connectivity index (χ0v) is 11.4. The Kier molecular flexibility index (Phi) is 3.30. The van der Waals surface area contributed by atoms with Crippen molar-refractivity contribution in [3.05, 3.63) is 74.8 Å². The molecule has 0 unspecified atom stereocenters. The van der Waals surface area contributed by atoms with E-state index in [1.807, 2.05) is 18.2 Å². The summed E-state index contributed by atoms with van der Waals surface area (Å²) in [7, 11) is 0. The van der Waals surface area contributed by atoms with Gasteiger partial charge in [0.25, 0.3) is 0 Å². The highest BCUT2D eigenvalue weighted by Crippen LogP contribution is 2.18. The summed E-state index contributed by atoms with van der Waals surface area (Å²) in [5.41, 5.74) is -0.0684. The minimum absolute atomic E-state index is 0.248. The van der Waals surface area contributed by atoms with Crippen LogP contribution in [0, 0.1) is 10.1 Å². The molecular formula is C15H11N3O4. The van der Waals surface area contributed by atoms with Crippen molar-refractivity contribution >= 4 is 22.4 Å². The van der Waals surface area contributed by atoms with Crippen molar-refractivity contribution < 1.29 is 9.72 Å². The van der Waals surface area contributed by atoms with E-state index in [2.05, 4.69) is 4.98 Å². The Hall–Kier alpha value is -3.22. The molecule has 0 amide bonds. The number of nitrogens with one attached hydrogen (secondary N) is 1. The van der Waals surface area contributed by atoms with Crippen LogP contribution in [0.2, 0.25) is 0 Å². The van der Waals surface area contributed by atoms with Gasteiger partial charge in [-0.2, -0.15) is 0 Å². The number of pyridine rings is 1. The molecule has 0 aliphatic rings. The maximum atomic E-state index is 12.4.